The van der Waals surface area contributed by atoms with Gasteiger partial charge in [-0.15, -0.1) is 0 Å². The van der Waals surface area contributed by atoms with Crippen molar-refractivity contribution in [2.75, 3.05) is 14.2 Å². The van der Waals surface area contributed by atoms with Gasteiger partial charge in [-0.2, -0.15) is 0 Å². The molecule has 0 aliphatic rings. The maximum absolute atomic E-state index is 9.76. The van der Waals surface area contributed by atoms with Crippen LogP contribution in [0.15, 0.2) is 6.07 Å². The van der Waals surface area contributed by atoms with Gasteiger partial charge in [0, 0.05) is 5.56 Å². The van der Waals surface area contributed by atoms with Gasteiger partial charge in [-0.05, 0) is 18.1 Å². The Kier molecular flexibility index (Phi) is 3.80. The third-order valence-corrected chi connectivity index (χ3v) is 2.38. The van der Waals surface area contributed by atoms with Gasteiger partial charge in [0.2, 0.25) is 5.75 Å². The molecule has 0 saturated carbocycles. The zero-order chi connectivity index (χ0) is 11.4. The fraction of sp³-hybridized carbons (Fsp3) is 0.455. The molecule has 0 fully saturated rings. The van der Waals surface area contributed by atoms with E-state index in [0.29, 0.717) is 11.3 Å². The zero-order valence-corrected chi connectivity index (χ0v) is 9.20. The van der Waals surface area contributed by atoms with Crippen molar-refractivity contribution in [2.45, 2.75) is 20.0 Å². The van der Waals surface area contributed by atoms with Crippen molar-refractivity contribution >= 4 is 0 Å². The Morgan fingerprint density at radius 3 is 2.33 bits per heavy atom. The highest BCUT2D eigenvalue weighted by atomic mass is 16.5. The van der Waals surface area contributed by atoms with E-state index in [1.54, 1.807) is 6.07 Å². The number of phenolic OH excluding ortho intramolecular Hbond substituents is 1. The van der Waals surface area contributed by atoms with Crippen molar-refractivity contribution in [3.8, 4) is 17.2 Å². The lowest BCUT2D eigenvalue weighted by Gasteiger charge is -2.15. The summed E-state index contributed by atoms with van der Waals surface area (Å²) in [5.41, 5.74) is 1.52. The normalized spacial score (nSPS) is 10.1. The molecule has 15 heavy (non-hydrogen) atoms. The van der Waals surface area contributed by atoms with Crippen molar-refractivity contribution in [1.82, 2.24) is 0 Å². The molecule has 0 amide bonds. The standard InChI is InChI=1S/C11H16O4/c1-4-7-5-9(14-2)10(13)11(15-3)8(7)6-12/h5,12-13H,4,6H2,1-3H3. The minimum absolute atomic E-state index is 0.0683. The number of benzene rings is 1. The smallest absolute Gasteiger partial charge is 0.201 e. The molecule has 0 aliphatic carbocycles. The third-order valence-electron chi connectivity index (χ3n) is 2.38. The van der Waals surface area contributed by atoms with E-state index in [1.165, 1.54) is 14.2 Å². The summed E-state index contributed by atoms with van der Waals surface area (Å²) in [6.45, 7) is 1.80. The molecule has 1 rings (SSSR count). The van der Waals surface area contributed by atoms with Crippen LogP contribution in [-0.2, 0) is 13.0 Å². The molecule has 0 saturated heterocycles. The summed E-state index contributed by atoms with van der Waals surface area (Å²) in [4.78, 5) is 0. The first-order valence-corrected chi connectivity index (χ1v) is 4.76. The average molecular weight is 212 g/mol. The van der Waals surface area contributed by atoms with Crippen molar-refractivity contribution < 1.29 is 19.7 Å². The second-order valence-corrected chi connectivity index (χ2v) is 3.11. The van der Waals surface area contributed by atoms with E-state index in [-0.39, 0.29) is 18.1 Å². The lowest BCUT2D eigenvalue weighted by atomic mass is 10.0. The van der Waals surface area contributed by atoms with E-state index in [4.69, 9.17) is 9.47 Å². The Hall–Kier alpha value is -1.42. The van der Waals surface area contributed by atoms with Gasteiger partial charge in [0.1, 0.15) is 0 Å². The number of aromatic hydroxyl groups is 1. The molecule has 1 aromatic carbocycles. The lowest BCUT2D eigenvalue weighted by molar-refractivity contribution is 0.267. The van der Waals surface area contributed by atoms with E-state index in [0.717, 1.165) is 12.0 Å². The summed E-state index contributed by atoms with van der Waals surface area (Å²) in [6.07, 6.45) is 0.739. The highest BCUT2D eigenvalue weighted by molar-refractivity contribution is 5.58. The fourth-order valence-electron chi connectivity index (χ4n) is 1.58. The SMILES string of the molecule is CCc1cc(OC)c(O)c(OC)c1CO. The van der Waals surface area contributed by atoms with E-state index in [1.807, 2.05) is 6.92 Å². The Balaban J connectivity index is 3.43. The predicted molar refractivity (Wildman–Crippen MR) is 56.5 cm³/mol. The Morgan fingerprint density at radius 1 is 1.27 bits per heavy atom. The summed E-state index contributed by atoms with van der Waals surface area (Å²) in [7, 11) is 2.93. The predicted octanol–water partition coefficient (Wildman–Crippen LogP) is 1.46. The molecule has 4 nitrogen and oxygen atoms in total. The first kappa shape index (κ1) is 11.7. The van der Waals surface area contributed by atoms with Crippen LogP contribution in [0.3, 0.4) is 0 Å². The molecule has 0 aromatic heterocycles. The monoisotopic (exact) mass is 212 g/mol. The molecule has 0 radical (unpaired) electrons. The minimum Gasteiger partial charge on any atom is -0.502 e. The third kappa shape index (κ3) is 1.99. The Bertz CT molecular complexity index is 347. The lowest BCUT2D eigenvalue weighted by Crippen LogP contribution is -2.00. The van der Waals surface area contributed by atoms with Crippen molar-refractivity contribution in [3.63, 3.8) is 0 Å². The number of hydrogen-bond acceptors (Lipinski definition) is 4. The summed E-state index contributed by atoms with van der Waals surface area (Å²) in [5.74, 6) is 0.579. The van der Waals surface area contributed by atoms with Gasteiger partial charge in [0.15, 0.2) is 11.5 Å². The number of aryl methyl sites for hydroxylation is 1. The maximum Gasteiger partial charge on any atom is 0.201 e. The molecule has 0 spiro atoms. The van der Waals surface area contributed by atoms with Crippen LogP contribution in [0.25, 0.3) is 0 Å². The summed E-state index contributed by atoms with van der Waals surface area (Å²) >= 11 is 0. The molecule has 1 aromatic rings. The molecule has 0 heterocycles. The first-order chi connectivity index (χ1) is 7.19. The quantitative estimate of drug-likeness (QED) is 0.793. The summed E-state index contributed by atoms with van der Waals surface area (Å²) in [6, 6.07) is 1.71. The number of ether oxygens (including phenoxy) is 2. The van der Waals surface area contributed by atoms with E-state index >= 15 is 0 Å². The van der Waals surface area contributed by atoms with E-state index in [2.05, 4.69) is 0 Å². The second kappa shape index (κ2) is 4.89. The van der Waals surface area contributed by atoms with Crippen LogP contribution in [0.1, 0.15) is 18.1 Å². The topological polar surface area (TPSA) is 58.9 Å². The molecule has 84 valence electrons. The van der Waals surface area contributed by atoms with Crippen LogP contribution in [0.4, 0.5) is 0 Å². The fourth-order valence-corrected chi connectivity index (χ4v) is 1.58. The van der Waals surface area contributed by atoms with Gasteiger partial charge in [0.05, 0.1) is 20.8 Å². The first-order valence-electron chi connectivity index (χ1n) is 4.76. The van der Waals surface area contributed by atoms with Crippen LogP contribution in [0.2, 0.25) is 0 Å². The van der Waals surface area contributed by atoms with Crippen LogP contribution in [0.5, 0.6) is 17.2 Å². The number of aliphatic hydroxyl groups excluding tert-OH is 1. The van der Waals surface area contributed by atoms with Gasteiger partial charge < -0.3 is 19.7 Å². The Labute approximate surface area is 89.1 Å². The van der Waals surface area contributed by atoms with Gasteiger partial charge in [-0.25, -0.2) is 0 Å². The number of hydrogen-bond donors (Lipinski definition) is 2. The van der Waals surface area contributed by atoms with Crippen molar-refractivity contribution in [2.24, 2.45) is 0 Å². The molecule has 4 heteroatoms. The number of aliphatic hydroxyl groups is 1. The van der Waals surface area contributed by atoms with Crippen LogP contribution in [0, 0.1) is 0 Å². The van der Waals surface area contributed by atoms with Gasteiger partial charge in [-0.1, -0.05) is 6.92 Å². The second-order valence-electron chi connectivity index (χ2n) is 3.11. The van der Waals surface area contributed by atoms with Gasteiger partial charge in [0.25, 0.3) is 0 Å². The molecular formula is C11H16O4. The van der Waals surface area contributed by atoms with E-state index in [9.17, 15) is 10.2 Å². The van der Waals surface area contributed by atoms with Crippen LogP contribution in [-0.4, -0.2) is 24.4 Å². The Morgan fingerprint density at radius 2 is 1.93 bits per heavy atom. The average Bonchev–Trinajstić information content (AvgIpc) is 2.28. The molecule has 0 unspecified atom stereocenters. The van der Waals surface area contributed by atoms with Crippen LogP contribution < -0.4 is 9.47 Å². The molecule has 2 N–H and O–H groups in total. The van der Waals surface area contributed by atoms with Crippen LogP contribution >= 0.6 is 0 Å². The number of rotatable bonds is 4. The minimum atomic E-state index is -0.163. The summed E-state index contributed by atoms with van der Waals surface area (Å²) in [5, 5.41) is 19.0. The zero-order valence-electron chi connectivity index (χ0n) is 9.20. The van der Waals surface area contributed by atoms with E-state index < -0.39 is 0 Å². The van der Waals surface area contributed by atoms with Crippen molar-refractivity contribution in [1.29, 1.82) is 0 Å². The maximum atomic E-state index is 9.76. The molecule has 0 aliphatic heterocycles. The van der Waals surface area contributed by atoms with Gasteiger partial charge in [-0.3, -0.25) is 0 Å². The highest BCUT2D eigenvalue weighted by Gasteiger charge is 2.17. The summed E-state index contributed by atoms with van der Waals surface area (Å²) < 4.78 is 10.1. The van der Waals surface area contributed by atoms with Gasteiger partial charge >= 0.3 is 0 Å². The number of phenols is 1. The molecule has 0 bridgehead atoms. The number of methoxy groups -OCH3 is 2. The molecular weight excluding hydrogens is 196 g/mol. The molecule has 0 atom stereocenters. The largest absolute Gasteiger partial charge is 0.502 e. The van der Waals surface area contributed by atoms with Crippen molar-refractivity contribution in [3.05, 3.63) is 17.2 Å². The highest BCUT2D eigenvalue weighted by Crippen LogP contribution is 2.41.